The van der Waals surface area contributed by atoms with Crippen LogP contribution < -0.4 is 0 Å². The maximum atomic E-state index is 11.4. The molecule has 0 unspecified atom stereocenters. The summed E-state index contributed by atoms with van der Waals surface area (Å²) in [7, 11) is -3.17. The third kappa shape index (κ3) is 2.87. The molecule has 0 aliphatic carbocycles. The zero-order chi connectivity index (χ0) is 14.0. The lowest BCUT2D eigenvalue weighted by Crippen LogP contribution is -2.02. The van der Waals surface area contributed by atoms with E-state index in [1.165, 1.54) is 6.26 Å². The SMILES string of the molecule is CCn1c(CBr)nnc1-c1ccc(S(C)(=O)=O)cc1. The first-order valence-electron chi connectivity index (χ1n) is 5.76. The molecule has 1 aromatic carbocycles. The van der Waals surface area contributed by atoms with Crippen LogP contribution in [0.1, 0.15) is 12.7 Å². The van der Waals surface area contributed by atoms with E-state index in [0.717, 1.165) is 23.8 Å². The number of nitrogens with zero attached hydrogens (tertiary/aromatic N) is 3. The Morgan fingerprint density at radius 1 is 1.21 bits per heavy atom. The molecular formula is C12H14BrN3O2S. The van der Waals surface area contributed by atoms with E-state index in [-0.39, 0.29) is 0 Å². The summed E-state index contributed by atoms with van der Waals surface area (Å²) >= 11 is 3.37. The monoisotopic (exact) mass is 343 g/mol. The highest BCUT2D eigenvalue weighted by atomic mass is 79.9. The van der Waals surface area contributed by atoms with E-state index >= 15 is 0 Å². The maximum Gasteiger partial charge on any atom is 0.175 e. The minimum Gasteiger partial charge on any atom is -0.311 e. The number of rotatable bonds is 4. The van der Waals surface area contributed by atoms with Gasteiger partial charge in [-0.1, -0.05) is 15.9 Å². The quantitative estimate of drug-likeness (QED) is 0.798. The van der Waals surface area contributed by atoms with E-state index < -0.39 is 9.84 Å². The van der Waals surface area contributed by atoms with Gasteiger partial charge in [-0.3, -0.25) is 0 Å². The van der Waals surface area contributed by atoms with E-state index in [2.05, 4.69) is 26.1 Å². The van der Waals surface area contributed by atoms with Crippen LogP contribution in [0.4, 0.5) is 0 Å². The molecule has 7 heteroatoms. The zero-order valence-electron chi connectivity index (χ0n) is 10.7. The molecule has 5 nitrogen and oxygen atoms in total. The Morgan fingerprint density at radius 2 is 1.84 bits per heavy atom. The second kappa shape index (κ2) is 5.42. The van der Waals surface area contributed by atoms with Gasteiger partial charge in [0.05, 0.1) is 10.2 Å². The van der Waals surface area contributed by atoms with Crippen LogP contribution >= 0.6 is 15.9 Å². The Balaban J connectivity index is 2.46. The summed E-state index contributed by atoms with van der Waals surface area (Å²) < 4.78 is 24.8. The van der Waals surface area contributed by atoms with Crippen LogP contribution in [0.2, 0.25) is 0 Å². The summed E-state index contributed by atoms with van der Waals surface area (Å²) in [5, 5.41) is 8.89. The fourth-order valence-electron chi connectivity index (χ4n) is 1.83. The lowest BCUT2D eigenvalue weighted by molar-refractivity contribution is 0.602. The van der Waals surface area contributed by atoms with E-state index in [4.69, 9.17) is 0 Å². The average Bonchev–Trinajstić information content (AvgIpc) is 2.80. The number of hydrogen-bond donors (Lipinski definition) is 0. The van der Waals surface area contributed by atoms with Crippen LogP contribution in [0.3, 0.4) is 0 Å². The molecule has 0 saturated heterocycles. The van der Waals surface area contributed by atoms with Crippen molar-refractivity contribution >= 4 is 25.8 Å². The highest BCUT2D eigenvalue weighted by molar-refractivity contribution is 9.08. The normalized spacial score (nSPS) is 11.7. The van der Waals surface area contributed by atoms with Crippen LogP contribution in [0.5, 0.6) is 0 Å². The third-order valence-corrected chi connectivity index (χ3v) is 4.43. The Labute approximate surface area is 120 Å². The first kappa shape index (κ1) is 14.2. The molecule has 0 aliphatic heterocycles. The first-order chi connectivity index (χ1) is 8.97. The van der Waals surface area contributed by atoms with Gasteiger partial charge in [-0.2, -0.15) is 0 Å². The molecule has 0 bridgehead atoms. The highest BCUT2D eigenvalue weighted by Gasteiger charge is 2.13. The second-order valence-electron chi connectivity index (χ2n) is 4.11. The van der Waals surface area contributed by atoms with Crippen molar-refractivity contribution < 1.29 is 8.42 Å². The smallest absolute Gasteiger partial charge is 0.175 e. The topological polar surface area (TPSA) is 64.8 Å². The molecule has 0 saturated carbocycles. The summed E-state index contributed by atoms with van der Waals surface area (Å²) in [4.78, 5) is 0.305. The molecule has 0 N–H and O–H groups in total. The minimum absolute atomic E-state index is 0.305. The summed E-state index contributed by atoms with van der Waals surface area (Å²) in [5.74, 6) is 1.60. The Morgan fingerprint density at radius 3 is 2.32 bits per heavy atom. The Bertz CT molecular complexity index is 678. The molecule has 1 heterocycles. The van der Waals surface area contributed by atoms with Gasteiger partial charge in [0.15, 0.2) is 15.7 Å². The second-order valence-corrected chi connectivity index (χ2v) is 6.69. The number of halogens is 1. The lowest BCUT2D eigenvalue weighted by atomic mass is 10.2. The molecule has 0 fully saturated rings. The zero-order valence-corrected chi connectivity index (χ0v) is 13.1. The molecule has 0 spiro atoms. The van der Waals surface area contributed by atoms with Gasteiger partial charge >= 0.3 is 0 Å². The number of alkyl halides is 1. The van der Waals surface area contributed by atoms with Gasteiger partial charge in [-0.25, -0.2) is 8.42 Å². The number of sulfone groups is 1. The van der Waals surface area contributed by atoms with Crippen molar-refractivity contribution in [2.75, 3.05) is 6.26 Å². The molecular weight excluding hydrogens is 330 g/mol. The van der Waals surface area contributed by atoms with Gasteiger partial charge < -0.3 is 4.57 Å². The van der Waals surface area contributed by atoms with Crippen molar-refractivity contribution in [3.05, 3.63) is 30.1 Å². The molecule has 19 heavy (non-hydrogen) atoms. The van der Waals surface area contributed by atoms with Crippen LogP contribution in [0.25, 0.3) is 11.4 Å². The fraction of sp³-hybridized carbons (Fsp3) is 0.333. The summed E-state index contributed by atoms with van der Waals surface area (Å²) in [6.07, 6.45) is 1.19. The molecule has 0 aliphatic rings. The fourth-order valence-corrected chi connectivity index (χ4v) is 2.88. The van der Waals surface area contributed by atoms with Gasteiger partial charge in [0.1, 0.15) is 5.82 Å². The van der Waals surface area contributed by atoms with Gasteiger partial charge in [-0.05, 0) is 31.2 Å². The summed E-state index contributed by atoms with van der Waals surface area (Å²) in [5.41, 5.74) is 0.856. The van der Waals surface area contributed by atoms with Crippen molar-refractivity contribution in [3.8, 4) is 11.4 Å². The molecule has 2 aromatic rings. The van der Waals surface area contributed by atoms with Gasteiger partial charge in [-0.15, -0.1) is 10.2 Å². The standard InChI is InChI=1S/C12H14BrN3O2S/c1-3-16-11(8-13)14-15-12(16)9-4-6-10(7-5-9)19(2,17)18/h4-7H,3,8H2,1-2H3. The Hall–Kier alpha value is -1.21. The van der Waals surface area contributed by atoms with E-state index in [1.807, 2.05) is 11.5 Å². The maximum absolute atomic E-state index is 11.4. The van der Waals surface area contributed by atoms with Gasteiger partial charge in [0.25, 0.3) is 0 Å². The van der Waals surface area contributed by atoms with Crippen molar-refractivity contribution in [2.24, 2.45) is 0 Å². The largest absolute Gasteiger partial charge is 0.311 e. The lowest BCUT2D eigenvalue weighted by Gasteiger charge is -2.06. The number of benzene rings is 1. The van der Waals surface area contributed by atoms with E-state index in [9.17, 15) is 8.42 Å². The van der Waals surface area contributed by atoms with E-state index in [1.54, 1.807) is 24.3 Å². The summed E-state index contributed by atoms with van der Waals surface area (Å²) in [6.45, 7) is 2.78. The first-order valence-corrected chi connectivity index (χ1v) is 8.77. The van der Waals surface area contributed by atoms with Crippen LogP contribution in [-0.2, 0) is 21.7 Å². The van der Waals surface area contributed by atoms with Gasteiger partial charge in [0, 0.05) is 18.4 Å². The Kier molecular flexibility index (Phi) is 4.05. The molecule has 1 aromatic heterocycles. The van der Waals surface area contributed by atoms with Crippen LogP contribution in [0.15, 0.2) is 29.2 Å². The number of aromatic nitrogens is 3. The van der Waals surface area contributed by atoms with Gasteiger partial charge in [0.2, 0.25) is 0 Å². The predicted octanol–water partition coefficient (Wildman–Crippen LogP) is 2.26. The molecule has 2 rings (SSSR count). The van der Waals surface area contributed by atoms with Crippen molar-refractivity contribution in [2.45, 2.75) is 23.7 Å². The molecule has 102 valence electrons. The number of hydrogen-bond acceptors (Lipinski definition) is 4. The predicted molar refractivity (Wildman–Crippen MR) is 76.9 cm³/mol. The van der Waals surface area contributed by atoms with Crippen LogP contribution in [0, 0.1) is 0 Å². The minimum atomic E-state index is -3.17. The van der Waals surface area contributed by atoms with Crippen molar-refractivity contribution in [1.29, 1.82) is 0 Å². The highest BCUT2D eigenvalue weighted by Crippen LogP contribution is 2.21. The average molecular weight is 344 g/mol. The molecule has 0 atom stereocenters. The molecule has 0 radical (unpaired) electrons. The third-order valence-electron chi connectivity index (χ3n) is 2.80. The van der Waals surface area contributed by atoms with E-state index in [0.29, 0.717) is 10.2 Å². The van der Waals surface area contributed by atoms with Crippen molar-refractivity contribution in [3.63, 3.8) is 0 Å². The van der Waals surface area contributed by atoms with Crippen LogP contribution in [-0.4, -0.2) is 29.4 Å². The molecule has 0 amide bonds. The van der Waals surface area contributed by atoms with Crippen molar-refractivity contribution in [1.82, 2.24) is 14.8 Å². The summed E-state index contributed by atoms with van der Waals surface area (Å²) in [6, 6.07) is 6.69.